The van der Waals surface area contributed by atoms with Gasteiger partial charge in [0.05, 0.1) is 66.9 Å². The number of carbonyl (C=O) groups is 2. The van der Waals surface area contributed by atoms with Crippen LogP contribution >= 0.6 is 47.4 Å². The molecule has 4 saturated heterocycles. The molecule has 3 aromatic heterocycles. The number of aromatic amines is 3. The maximum Gasteiger partial charge on any atom is 1.00 e. The van der Waals surface area contributed by atoms with Crippen LogP contribution in [0.3, 0.4) is 0 Å². The Kier molecular flexibility index (Phi) is 46.4. The zero-order valence-electron chi connectivity index (χ0n) is 75.7. The number of anilines is 3. The van der Waals surface area contributed by atoms with E-state index in [2.05, 4.69) is 84.7 Å². The van der Waals surface area contributed by atoms with Crippen LogP contribution in [0.5, 0.6) is 0 Å². The molecule has 20 atom stereocenters. The van der Waals surface area contributed by atoms with Crippen molar-refractivity contribution >= 4 is 83.1 Å². The molecule has 122 heavy (non-hydrogen) atoms. The molecule has 3 aromatic rings. The van der Waals surface area contributed by atoms with E-state index in [4.69, 9.17) is 84.9 Å². The molecule has 7 heterocycles. The molecule has 41 heteroatoms. The Morgan fingerprint density at radius 3 is 1.10 bits per heavy atom. The second kappa shape index (κ2) is 47.3. The fourth-order valence-corrected chi connectivity index (χ4v) is 18.5. The number of hydrogen-bond acceptors (Lipinski definition) is 29. The van der Waals surface area contributed by atoms with Gasteiger partial charge in [0.25, 0.3) is 16.7 Å². The topological polar surface area (TPSA) is 614 Å². The number of rotatable bonds is 13. The third-order valence-corrected chi connectivity index (χ3v) is 22.8. The molecular weight excluding hydrogens is 1850 g/mol. The number of hydrogen-bond donors (Lipinski definition) is 14. The Morgan fingerprint density at radius 2 is 0.820 bits per heavy atom. The molecule has 36 nitrogen and oxygen atoms in total. The fraction of sp³-hybridized carbons (Fsp3) is 0.765. The second-order valence-electron chi connectivity index (χ2n) is 35.7. The van der Waals surface area contributed by atoms with Crippen molar-refractivity contribution in [1.29, 1.82) is 5.41 Å². The number of alkyl halides is 1. The van der Waals surface area contributed by atoms with Crippen LogP contribution in [0.4, 0.5) is 17.8 Å². The van der Waals surface area contributed by atoms with Crippen LogP contribution in [-0.2, 0) is 82.1 Å². The van der Waals surface area contributed by atoms with Gasteiger partial charge in [-0.1, -0.05) is 69.5 Å². The second-order valence-corrected chi connectivity index (χ2v) is 35.7. The summed E-state index contributed by atoms with van der Waals surface area (Å²) < 4.78 is 65.4. The predicted molar refractivity (Wildman–Crippen MR) is 467 cm³/mol. The van der Waals surface area contributed by atoms with Crippen molar-refractivity contribution in [2.45, 2.75) is 321 Å². The number of aliphatic hydroxyl groups is 5. The van der Waals surface area contributed by atoms with Crippen molar-refractivity contribution in [2.24, 2.45) is 52.9 Å². The van der Waals surface area contributed by atoms with Gasteiger partial charge in [-0.15, -0.1) is 31.4 Å². The summed E-state index contributed by atoms with van der Waals surface area (Å²) in [4.78, 5) is 82.7. The quantitative estimate of drug-likeness (QED) is 0.0168. The minimum Gasteiger partial charge on any atom is -0.855 e. The molecule has 0 amide bonds. The van der Waals surface area contributed by atoms with Crippen molar-refractivity contribution < 1.29 is 155 Å². The molecule has 0 radical (unpaired) electrons. The number of ether oxygens (including phenoxy) is 11. The third kappa shape index (κ3) is 28.4. The first-order chi connectivity index (χ1) is 53.4. The number of H-pyrrole nitrogens is 3. The number of fused-ring (bicyclic) bond motifs is 4. The van der Waals surface area contributed by atoms with Gasteiger partial charge in [0, 0.05) is 112 Å². The van der Waals surface area contributed by atoms with E-state index >= 15 is 0 Å². The number of nitrogens with two attached hydrogens (primary N) is 5. The standard InChI is InChI=1S/C19H32O5.C18H30O5.C15H23N3O3.C14H21N3O4.C11H17N3O4.C2H5O.CH3I.CH5N3.2ClH.Na.2H2O.Pd.H2/c1-9-12-10-14(19(7)15(12)22-18(5,6)24-19)13(11-21-8)16(20)23-17(2,3)4;1-8-11-9-13(12(10-19)15(20)22-16(2,3)4)18(7)14(11)21-17(5,6)23-18;1-5-8-6-10(9-7-17-13(16)18-12(9)19)15(4)11(8)20-14(2,3)21-15;1-13(2)20-10-7(6-18)4-9(14(10,3)21-13)8-5-16-12(15)17-11(8)19;1-11(18)7(2-5(4-15)8(11)16)6-3-13-10(12)14-9(6)17;1-2-3;1-2;2-1(3)4;;;;;;;/h11-12,14-15H,9-10H2,1-8H3;10-11,13-14,19H,8-9H2,1-7H3;7-8,10-11H,5-6H2,1-4H3,(H3,16,17,18,19);5,7,9-10,18H,4,6H2,1-3H3,(H3,15,16,17,19);3,5,7-8,15-16,18H,2,4H2,1H3,(H3,12,13,14,17);2H2,1H3;1H3;(H5,2,3,4);2*1H;;2*1H2;;1H/q;;;;;-1;;;;;+1;;;;/b13-11-;12-10-;;;;;;;;;;;;;/t12-,14-,15+,19-;11-,13-,14+,18-;8-,10-,11+,15-;7-,9+,10-,14+;5-,7+,8-,11+;;;;;;;;;;/m00011........../s1. The number of halogens is 3. The molecule has 4 aliphatic heterocycles. The van der Waals surface area contributed by atoms with Crippen molar-refractivity contribution in [3.05, 3.63) is 90.0 Å². The number of methoxy groups -OCH3 is 1. The number of guanidine groups is 1. The summed E-state index contributed by atoms with van der Waals surface area (Å²) in [5, 5.41) is 63.7. The summed E-state index contributed by atoms with van der Waals surface area (Å²) in [5.41, 5.74) is 21.7. The molecular formula is C81H144Cl2IN12NaO24Pd. The van der Waals surface area contributed by atoms with Crippen molar-refractivity contribution in [3.8, 4) is 0 Å². The number of nitrogen functional groups attached to an aromatic ring is 3. The minimum absolute atomic E-state index is 0. The number of aliphatic hydroxyl groups excluding tert-OH is 4. The maximum absolute atomic E-state index is 12.8. The predicted octanol–water partition coefficient (Wildman–Crippen LogP) is 3.93. The van der Waals surface area contributed by atoms with Gasteiger partial charge in [0.15, 0.2) is 47.0 Å². The first kappa shape index (κ1) is 120. The fourth-order valence-electron chi connectivity index (χ4n) is 18.5. The first-order valence-corrected chi connectivity index (χ1v) is 41.9. The van der Waals surface area contributed by atoms with Gasteiger partial charge < -0.3 is 122 Å². The van der Waals surface area contributed by atoms with E-state index in [9.17, 15) is 44.4 Å². The summed E-state index contributed by atoms with van der Waals surface area (Å²) in [5.74, 6) is -4.38. The van der Waals surface area contributed by atoms with Crippen molar-refractivity contribution in [2.75, 3.05) is 49.1 Å². The molecule has 0 bridgehead atoms. The Morgan fingerprint density at radius 1 is 0.557 bits per heavy atom. The molecule has 704 valence electrons. The number of nitrogens with one attached hydrogen (secondary N) is 4. The zero-order chi connectivity index (χ0) is 88.6. The van der Waals surface area contributed by atoms with E-state index in [1.165, 1.54) is 25.6 Å². The van der Waals surface area contributed by atoms with E-state index in [1.807, 2.05) is 130 Å². The minimum atomic E-state index is -1.47. The number of aromatic nitrogens is 6. The number of carbonyl (C=O) groups excluding carboxylic acids is 2. The first-order valence-electron chi connectivity index (χ1n) is 39.7. The molecule has 9 fully saturated rings. The van der Waals surface area contributed by atoms with E-state index in [0.717, 1.165) is 44.8 Å². The largest absolute Gasteiger partial charge is 1.00 e. The Labute approximate surface area is 780 Å². The Bertz CT molecular complexity index is 3980. The Hall–Kier alpha value is -4.30. The van der Waals surface area contributed by atoms with Gasteiger partial charge in [0.1, 0.15) is 33.6 Å². The Balaban J connectivity index is -0.00000141. The van der Waals surface area contributed by atoms with Crippen LogP contribution in [0.15, 0.2) is 56.6 Å². The van der Waals surface area contributed by atoms with Crippen LogP contribution in [0.2, 0.25) is 0 Å². The molecule has 5 aliphatic carbocycles. The van der Waals surface area contributed by atoms with Gasteiger partial charge >= 0.3 is 41.5 Å². The summed E-state index contributed by atoms with van der Waals surface area (Å²) in [6.45, 7) is 43.3. The monoisotopic (exact) mass is 1990 g/mol. The van der Waals surface area contributed by atoms with Crippen LogP contribution in [0.1, 0.15) is 246 Å². The van der Waals surface area contributed by atoms with Crippen LogP contribution < -0.4 is 80.0 Å². The smallest absolute Gasteiger partial charge is 0.855 e. The van der Waals surface area contributed by atoms with Gasteiger partial charge in [0.2, 0.25) is 0 Å². The molecule has 5 saturated carbocycles. The number of esters is 2. The molecule has 12 rings (SSSR count). The molecule has 0 spiro atoms. The average molecular weight is 2000 g/mol. The van der Waals surface area contributed by atoms with E-state index in [0.29, 0.717) is 41.4 Å². The molecule has 9 aliphatic rings. The summed E-state index contributed by atoms with van der Waals surface area (Å²) in [7, 11) is 1.55. The van der Waals surface area contributed by atoms with Gasteiger partial charge in [-0.3, -0.25) is 34.7 Å². The van der Waals surface area contributed by atoms with Crippen LogP contribution in [0, 0.1) is 46.8 Å². The van der Waals surface area contributed by atoms with E-state index in [-0.39, 0.29) is 219 Å². The summed E-state index contributed by atoms with van der Waals surface area (Å²) in [6.07, 6.45) is 11.6. The van der Waals surface area contributed by atoms with Crippen molar-refractivity contribution in [1.82, 2.24) is 29.9 Å². The van der Waals surface area contributed by atoms with Crippen LogP contribution in [-0.4, -0.2) is 209 Å². The zero-order valence-corrected chi connectivity index (χ0v) is 83.1. The maximum atomic E-state index is 12.8. The summed E-state index contributed by atoms with van der Waals surface area (Å²) >= 11 is 2.15. The molecule has 23 N–H and O–H groups in total. The average Bonchev–Trinajstić information content (AvgIpc) is 1.58. The number of nitrogens with zero attached hydrogens (tertiary/aromatic N) is 3. The molecule has 0 aromatic carbocycles. The van der Waals surface area contributed by atoms with Crippen molar-refractivity contribution in [3.63, 3.8) is 0 Å². The van der Waals surface area contributed by atoms with Gasteiger partial charge in [-0.2, -0.15) is 0 Å². The van der Waals surface area contributed by atoms with E-state index < -0.39 is 91.8 Å². The van der Waals surface area contributed by atoms with Gasteiger partial charge in [-0.05, 0) is 186 Å². The van der Waals surface area contributed by atoms with Gasteiger partial charge in [-0.25, -0.2) is 24.5 Å². The normalized spacial score (nSPS) is 32.6. The van der Waals surface area contributed by atoms with Crippen LogP contribution in [0.25, 0.3) is 0 Å². The summed E-state index contributed by atoms with van der Waals surface area (Å²) in [6, 6.07) is 0. The third-order valence-electron chi connectivity index (χ3n) is 22.8. The molecule has 0 unspecified atom stereocenters. The SMILES string of the molecule is CC1(C)O[C@@H]2[C@@H](CO)C[C@@H](c3cnc(N)[nH]c3=O)[C@]2(C)O1.CC[C@H]1C[C@@H](/C(=C/O)C(=O)OC(C)(C)C)[C@]2(C)OC(C)(C)O[C@H]12.CC[C@H]1C[C@@H](/C(=C/OC)C(=O)OC(C)(C)C)[C@]2(C)OC(C)(C)O[C@H]12.CC[C@H]1C[C@@H](c2cnc(N)[nH]c2=O)[C@]2(C)OC(C)(C)O[C@H]12.CC[O-].CI.C[C@@]1(O)[C@H](O)[C@@H](CO)C[C@H]1c1cnc(N)[nH]c1=O.Cl.Cl.N=C(N)N.O.O.[HH].[Na+].[Pd]. The van der Waals surface area contributed by atoms with E-state index in [1.54, 1.807) is 20.2 Å².